The molecule has 4 nitrogen and oxygen atoms in total. The lowest BCUT2D eigenvalue weighted by atomic mass is 10.1. The topological polar surface area (TPSA) is 44.4 Å². The van der Waals surface area contributed by atoms with Crippen LogP contribution in [-0.4, -0.2) is 49.6 Å². The second kappa shape index (κ2) is 7.28. The third-order valence-corrected chi connectivity index (χ3v) is 2.86. The molecular formula is C9H19Cl2N3O. The quantitative estimate of drug-likeness (QED) is 0.642. The van der Waals surface area contributed by atoms with Crippen molar-refractivity contribution in [2.24, 2.45) is 0 Å². The second-order valence-corrected chi connectivity index (χ2v) is 3.80. The highest BCUT2D eigenvalue weighted by atomic mass is 35.5. The first kappa shape index (κ1) is 15.0. The van der Waals surface area contributed by atoms with E-state index in [1.165, 1.54) is 0 Å². The first-order chi connectivity index (χ1) is 6.36. The molecule has 2 aliphatic rings. The van der Waals surface area contributed by atoms with Crippen molar-refractivity contribution in [2.45, 2.75) is 18.9 Å². The standard InChI is InChI=1S/C9H17N3O.2ClH/c13-9-2-1-4-12-5-3-10-6-8(12)7-11-9;;/h8,10H,1-7H2,(H,11,13);2*1H. The van der Waals surface area contributed by atoms with Gasteiger partial charge < -0.3 is 10.6 Å². The number of hydrogen-bond donors (Lipinski definition) is 2. The Bertz CT molecular complexity index is 204. The van der Waals surface area contributed by atoms with Crippen molar-refractivity contribution in [1.82, 2.24) is 15.5 Å². The molecule has 6 heteroatoms. The van der Waals surface area contributed by atoms with Crippen LogP contribution in [0.25, 0.3) is 0 Å². The summed E-state index contributed by atoms with van der Waals surface area (Å²) in [5.74, 6) is 0.213. The Hall–Kier alpha value is -0.0300. The van der Waals surface area contributed by atoms with E-state index in [0.29, 0.717) is 12.5 Å². The highest BCUT2D eigenvalue weighted by molar-refractivity contribution is 5.85. The number of piperazine rings is 1. The Morgan fingerprint density at radius 3 is 2.80 bits per heavy atom. The highest BCUT2D eigenvalue weighted by Crippen LogP contribution is 2.07. The summed E-state index contributed by atoms with van der Waals surface area (Å²) < 4.78 is 0. The van der Waals surface area contributed by atoms with E-state index < -0.39 is 0 Å². The Labute approximate surface area is 103 Å². The number of carbonyl (C=O) groups excluding carboxylic acids is 1. The number of amides is 1. The fraction of sp³-hybridized carbons (Fsp3) is 0.889. The van der Waals surface area contributed by atoms with Crippen LogP contribution >= 0.6 is 24.8 Å². The number of halogens is 2. The predicted octanol–water partition coefficient (Wildman–Crippen LogP) is 0.0138. The number of hydrogen-bond acceptors (Lipinski definition) is 3. The van der Waals surface area contributed by atoms with Crippen molar-refractivity contribution in [3.63, 3.8) is 0 Å². The Balaban J connectivity index is 0.000000980. The summed E-state index contributed by atoms with van der Waals surface area (Å²) in [5, 5.41) is 6.32. The van der Waals surface area contributed by atoms with E-state index in [1.54, 1.807) is 0 Å². The Morgan fingerprint density at radius 1 is 1.20 bits per heavy atom. The van der Waals surface area contributed by atoms with Gasteiger partial charge in [0.05, 0.1) is 0 Å². The van der Waals surface area contributed by atoms with Crippen LogP contribution in [-0.2, 0) is 4.79 Å². The highest BCUT2D eigenvalue weighted by Gasteiger charge is 2.23. The van der Waals surface area contributed by atoms with Crippen LogP contribution in [0.1, 0.15) is 12.8 Å². The van der Waals surface area contributed by atoms with Crippen LogP contribution in [0.2, 0.25) is 0 Å². The van der Waals surface area contributed by atoms with Gasteiger partial charge in [0.25, 0.3) is 0 Å². The summed E-state index contributed by atoms with van der Waals surface area (Å²) >= 11 is 0. The molecule has 0 saturated carbocycles. The van der Waals surface area contributed by atoms with Gasteiger partial charge in [-0.05, 0) is 13.0 Å². The zero-order valence-electron chi connectivity index (χ0n) is 8.70. The van der Waals surface area contributed by atoms with E-state index in [-0.39, 0.29) is 30.7 Å². The monoisotopic (exact) mass is 255 g/mol. The van der Waals surface area contributed by atoms with Crippen molar-refractivity contribution >= 4 is 30.7 Å². The van der Waals surface area contributed by atoms with Crippen LogP contribution in [0, 0.1) is 0 Å². The van der Waals surface area contributed by atoms with Crippen molar-refractivity contribution in [1.29, 1.82) is 0 Å². The molecule has 2 rings (SSSR count). The molecule has 0 radical (unpaired) electrons. The lowest BCUT2D eigenvalue weighted by Crippen LogP contribution is -2.56. The summed E-state index contributed by atoms with van der Waals surface area (Å²) in [6.45, 7) is 5.12. The SMILES string of the molecule is Cl.Cl.O=C1CCCN2CCNCC2CN1. The molecule has 2 saturated heterocycles. The zero-order chi connectivity index (χ0) is 9.10. The van der Waals surface area contributed by atoms with E-state index in [1.807, 2.05) is 0 Å². The normalized spacial score (nSPS) is 27.2. The third kappa shape index (κ3) is 4.15. The van der Waals surface area contributed by atoms with E-state index >= 15 is 0 Å². The average molecular weight is 256 g/mol. The maximum Gasteiger partial charge on any atom is 0.220 e. The third-order valence-electron chi connectivity index (χ3n) is 2.86. The Morgan fingerprint density at radius 2 is 2.00 bits per heavy atom. The van der Waals surface area contributed by atoms with Crippen molar-refractivity contribution in [3.05, 3.63) is 0 Å². The lowest BCUT2D eigenvalue weighted by Gasteiger charge is -2.37. The van der Waals surface area contributed by atoms with Crippen LogP contribution in [0.15, 0.2) is 0 Å². The predicted molar refractivity (Wildman–Crippen MR) is 65.0 cm³/mol. The number of nitrogens with zero attached hydrogens (tertiary/aromatic N) is 1. The van der Waals surface area contributed by atoms with Gasteiger partial charge in [0.2, 0.25) is 5.91 Å². The molecule has 15 heavy (non-hydrogen) atoms. The van der Waals surface area contributed by atoms with Gasteiger partial charge in [0, 0.05) is 38.6 Å². The van der Waals surface area contributed by atoms with E-state index in [0.717, 1.165) is 39.1 Å². The van der Waals surface area contributed by atoms with Gasteiger partial charge in [-0.1, -0.05) is 0 Å². The minimum Gasteiger partial charge on any atom is -0.354 e. The number of fused-ring (bicyclic) bond motifs is 1. The minimum absolute atomic E-state index is 0. The molecule has 0 spiro atoms. The molecule has 1 unspecified atom stereocenters. The zero-order valence-corrected chi connectivity index (χ0v) is 10.3. The van der Waals surface area contributed by atoms with E-state index in [4.69, 9.17) is 0 Å². The van der Waals surface area contributed by atoms with Gasteiger partial charge in [0.1, 0.15) is 0 Å². The molecular weight excluding hydrogens is 237 g/mol. The van der Waals surface area contributed by atoms with Crippen molar-refractivity contribution in [2.75, 3.05) is 32.7 Å². The molecule has 2 heterocycles. The Kier molecular flexibility index (Phi) is 7.26. The largest absolute Gasteiger partial charge is 0.354 e. The molecule has 1 atom stereocenters. The minimum atomic E-state index is 0. The molecule has 90 valence electrons. The molecule has 2 N–H and O–H groups in total. The maximum absolute atomic E-state index is 11.2. The molecule has 0 aromatic rings. The fourth-order valence-corrected chi connectivity index (χ4v) is 2.06. The van der Waals surface area contributed by atoms with Gasteiger partial charge >= 0.3 is 0 Å². The van der Waals surface area contributed by atoms with Crippen LogP contribution < -0.4 is 10.6 Å². The number of rotatable bonds is 0. The van der Waals surface area contributed by atoms with Gasteiger partial charge in [-0.25, -0.2) is 0 Å². The summed E-state index contributed by atoms with van der Waals surface area (Å²) in [6, 6.07) is 0.512. The molecule has 2 aliphatic heterocycles. The molecule has 2 fully saturated rings. The van der Waals surface area contributed by atoms with Crippen LogP contribution in [0.3, 0.4) is 0 Å². The van der Waals surface area contributed by atoms with Gasteiger partial charge in [-0.2, -0.15) is 0 Å². The molecule has 0 bridgehead atoms. The van der Waals surface area contributed by atoms with E-state index in [9.17, 15) is 4.79 Å². The fourth-order valence-electron chi connectivity index (χ4n) is 2.06. The first-order valence-electron chi connectivity index (χ1n) is 5.08. The smallest absolute Gasteiger partial charge is 0.220 e. The molecule has 1 amide bonds. The summed E-state index contributed by atoms with van der Waals surface area (Å²) in [6.07, 6.45) is 1.69. The van der Waals surface area contributed by atoms with Crippen molar-refractivity contribution < 1.29 is 4.79 Å². The van der Waals surface area contributed by atoms with Gasteiger partial charge in [0.15, 0.2) is 0 Å². The average Bonchev–Trinajstić information content (AvgIpc) is 2.13. The molecule has 0 aliphatic carbocycles. The van der Waals surface area contributed by atoms with Crippen molar-refractivity contribution in [3.8, 4) is 0 Å². The lowest BCUT2D eigenvalue weighted by molar-refractivity contribution is -0.122. The summed E-state index contributed by atoms with van der Waals surface area (Å²) in [5.41, 5.74) is 0. The molecule has 0 aromatic carbocycles. The molecule has 0 aromatic heterocycles. The number of carbonyl (C=O) groups is 1. The first-order valence-corrected chi connectivity index (χ1v) is 5.08. The van der Waals surface area contributed by atoms with E-state index in [2.05, 4.69) is 15.5 Å². The second-order valence-electron chi connectivity index (χ2n) is 3.80. The summed E-state index contributed by atoms with van der Waals surface area (Å²) in [4.78, 5) is 13.6. The van der Waals surface area contributed by atoms with Gasteiger partial charge in [-0.15, -0.1) is 24.8 Å². The summed E-state index contributed by atoms with van der Waals surface area (Å²) in [7, 11) is 0. The van der Waals surface area contributed by atoms with Crippen LogP contribution in [0.4, 0.5) is 0 Å². The van der Waals surface area contributed by atoms with Gasteiger partial charge in [-0.3, -0.25) is 9.69 Å². The maximum atomic E-state index is 11.2. The van der Waals surface area contributed by atoms with Crippen LogP contribution in [0.5, 0.6) is 0 Å². The number of nitrogens with one attached hydrogen (secondary N) is 2.